The fourth-order valence-electron chi connectivity index (χ4n) is 1.91. The molecular weight excluding hydrogens is 306 g/mol. The van der Waals surface area contributed by atoms with Crippen LogP contribution in [0.25, 0.3) is 11.3 Å². The molecule has 5 heteroatoms. The van der Waals surface area contributed by atoms with Gasteiger partial charge in [0.15, 0.2) is 0 Å². The van der Waals surface area contributed by atoms with E-state index in [9.17, 15) is 0 Å². The van der Waals surface area contributed by atoms with E-state index in [1.807, 2.05) is 24.4 Å². The number of hydrogen-bond acceptors (Lipinski definition) is 3. The summed E-state index contributed by atoms with van der Waals surface area (Å²) in [6, 6.07) is 5.90. The van der Waals surface area contributed by atoms with Gasteiger partial charge in [-0.2, -0.15) is 0 Å². The van der Waals surface area contributed by atoms with Gasteiger partial charge >= 0.3 is 0 Å². The number of rotatable bonds is 5. The first-order chi connectivity index (χ1) is 9.13. The number of nitrogens with one attached hydrogen (secondary N) is 1. The van der Waals surface area contributed by atoms with Crippen LogP contribution in [0, 0.1) is 5.92 Å². The van der Waals surface area contributed by atoms with Crippen LogP contribution in [0.4, 0.5) is 0 Å². The van der Waals surface area contributed by atoms with Crippen molar-refractivity contribution in [2.24, 2.45) is 11.7 Å². The topological polar surface area (TPSA) is 63.9 Å². The lowest BCUT2D eigenvalue weighted by Gasteiger charge is -2.07. The molecule has 4 nitrogen and oxygen atoms in total. The molecule has 2 aromatic rings. The third-order valence-corrected chi connectivity index (χ3v) is 3.52. The molecule has 1 heterocycles. The number of imidazole rings is 1. The Morgan fingerprint density at radius 2 is 2.26 bits per heavy atom. The van der Waals surface area contributed by atoms with Gasteiger partial charge in [0.2, 0.25) is 0 Å². The van der Waals surface area contributed by atoms with Crippen LogP contribution < -0.4 is 10.5 Å². The maximum absolute atomic E-state index is 5.64. The molecule has 0 spiro atoms. The first kappa shape index (κ1) is 14.1. The lowest BCUT2D eigenvalue weighted by Crippen LogP contribution is -2.13. The molecule has 0 radical (unpaired) electrons. The second kappa shape index (κ2) is 6.21. The van der Waals surface area contributed by atoms with Gasteiger partial charge < -0.3 is 15.5 Å². The van der Waals surface area contributed by atoms with Crippen molar-refractivity contribution in [1.82, 2.24) is 9.97 Å². The summed E-state index contributed by atoms with van der Waals surface area (Å²) in [4.78, 5) is 7.73. The predicted molar refractivity (Wildman–Crippen MR) is 80.2 cm³/mol. The van der Waals surface area contributed by atoms with Gasteiger partial charge in [-0.05, 0) is 30.7 Å². The molecular formula is C14H18BrN3O. The Kier molecular flexibility index (Phi) is 4.61. The molecule has 102 valence electrons. The average molecular weight is 324 g/mol. The van der Waals surface area contributed by atoms with Crippen LogP contribution >= 0.6 is 15.9 Å². The zero-order valence-electron chi connectivity index (χ0n) is 11.1. The minimum atomic E-state index is 0.420. The molecule has 0 aliphatic rings. The van der Waals surface area contributed by atoms with E-state index >= 15 is 0 Å². The standard InChI is InChI=1S/C14H18BrN3O/c1-9(7-16)5-14-17-8-12(18-14)11-6-10(15)3-4-13(11)19-2/h3-4,6,8-9H,5,7,16H2,1-2H3,(H,17,18). The van der Waals surface area contributed by atoms with Crippen LogP contribution in [0.3, 0.4) is 0 Å². The van der Waals surface area contributed by atoms with Crippen LogP contribution in [0.1, 0.15) is 12.7 Å². The van der Waals surface area contributed by atoms with Gasteiger partial charge in [0.25, 0.3) is 0 Å². The zero-order chi connectivity index (χ0) is 13.8. The number of methoxy groups -OCH3 is 1. The highest BCUT2D eigenvalue weighted by Crippen LogP contribution is 2.31. The van der Waals surface area contributed by atoms with Gasteiger partial charge in [0, 0.05) is 16.5 Å². The van der Waals surface area contributed by atoms with Crippen LogP contribution in [0.15, 0.2) is 28.9 Å². The monoisotopic (exact) mass is 323 g/mol. The molecule has 0 fully saturated rings. The number of hydrogen-bond donors (Lipinski definition) is 2. The molecule has 1 aromatic carbocycles. The highest BCUT2D eigenvalue weighted by Gasteiger charge is 2.11. The van der Waals surface area contributed by atoms with E-state index < -0.39 is 0 Å². The predicted octanol–water partition coefficient (Wildman–Crippen LogP) is 2.99. The Bertz CT molecular complexity index is 553. The average Bonchev–Trinajstić information content (AvgIpc) is 2.86. The van der Waals surface area contributed by atoms with Crippen LogP contribution in [0.5, 0.6) is 5.75 Å². The summed E-state index contributed by atoms with van der Waals surface area (Å²) in [5.41, 5.74) is 7.59. The number of nitrogens with two attached hydrogens (primary N) is 1. The zero-order valence-corrected chi connectivity index (χ0v) is 12.7. The molecule has 1 aromatic heterocycles. The van der Waals surface area contributed by atoms with Gasteiger partial charge in [-0.15, -0.1) is 0 Å². The van der Waals surface area contributed by atoms with Crippen molar-refractivity contribution in [2.45, 2.75) is 13.3 Å². The van der Waals surface area contributed by atoms with Crippen molar-refractivity contribution in [2.75, 3.05) is 13.7 Å². The molecule has 0 aliphatic carbocycles. The first-order valence-electron chi connectivity index (χ1n) is 6.22. The van der Waals surface area contributed by atoms with Crippen molar-refractivity contribution in [3.8, 4) is 17.0 Å². The van der Waals surface area contributed by atoms with E-state index in [0.717, 1.165) is 33.7 Å². The molecule has 0 aliphatic heterocycles. The summed E-state index contributed by atoms with van der Waals surface area (Å²) in [6.45, 7) is 2.78. The SMILES string of the molecule is COc1ccc(Br)cc1-c1cnc(CC(C)CN)[nH]1. The number of ether oxygens (including phenoxy) is 1. The third kappa shape index (κ3) is 3.36. The highest BCUT2D eigenvalue weighted by molar-refractivity contribution is 9.10. The summed E-state index contributed by atoms with van der Waals surface area (Å²) in [6.07, 6.45) is 2.69. The fraction of sp³-hybridized carbons (Fsp3) is 0.357. The van der Waals surface area contributed by atoms with Gasteiger partial charge in [-0.25, -0.2) is 4.98 Å². The molecule has 0 amide bonds. The molecule has 0 saturated heterocycles. The minimum Gasteiger partial charge on any atom is -0.496 e. The largest absolute Gasteiger partial charge is 0.496 e. The summed E-state index contributed by atoms with van der Waals surface area (Å²) in [5.74, 6) is 2.20. The van der Waals surface area contributed by atoms with E-state index in [4.69, 9.17) is 10.5 Å². The fourth-order valence-corrected chi connectivity index (χ4v) is 2.27. The molecule has 19 heavy (non-hydrogen) atoms. The van der Waals surface area contributed by atoms with Crippen LogP contribution in [-0.2, 0) is 6.42 Å². The van der Waals surface area contributed by atoms with Gasteiger partial charge in [0.1, 0.15) is 11.6 Å². The van der Waals surface area contributed by atoms with Gasteiger partial charge in [-0.1, -0.05) is 22.9 Å². The normalized spacial score (nSPS) is 12.4. The van der Waals surface area contributed by atoms with Crippen molar-refractivity contribution < 1.29 is 4.74 Å². The summed E-state index contributed by atoms with van der Waals surface area (Å²) < 4.78 is 6.39. The second-order valence-electron chi connectivity index (χ2n) is 4.63. The number of halogens is 1. The molecule has 2 rings (SSSR count). The summed E-state index contributed by atoms with van der Waals surface area (Å²) in [5, 5.41) is 0. The Hall–Kier alpha value is -1.33. The molecule has 3 N–H and O–H groups in total. The lowest BCUT2D eigenvalue weighted by atomic mass is 10.1. The Balaban J connectivity index is 2.29. The third-order valence-electron chi connectivity index (χ3n) is 3.02. The van der Waals surface area contributed by atoms with E-state index in [1.54, 1.807) is 7.11 Å². The maximum atomic E-state index is 5.64. The smallest absolute Gasteiger partial charge is 0.128 e. The maximum Gasteiger partial charge on any atom is 0.128 e. The van der Waals surface area contributed by atoms with Crippen LogP contribution in [-0.4, -0.2) is 23.6 Å². The van der Waals surface area contributed by atoms with Gasteiger partial charge in [0.05, 0.1) is 19.0 Å². The number of benzene rings is 1. The van der Waals surface area contributed by atoms with E-state index in [0.29, 0.717) is 12.5 Å². The minimum absolute atomic E-state index is 0.420. The number of aromatic amines is 1. The number of H-pyrrole nitrogens is 1. The second-order valence-corrected chi connectivity index (χ2v) is 5.55. The number of nitrogens with zero attached hydrogens (tertiary/aromatic N) is 1. The molecule has 1 atom stereocenters. The van der Waals surface area contributed by atoms with Crippen molar-refractivity contribution >= 4 is 15.9 Å². The van der Waals surface area contributed by atoms with Crippen molar-refractivity contribution in [1.29, 1.82) is 0 Å². The van der Waals surface area contributed by atoms with E-state index in [1.165, 1.54) is 0 Å². The van der Waals surface area contributed by atoms with E-state index in [2.05, 4.69) is 32.8 Å². The van der Waals surface area contributed by atoms with Crippen LogP contribution in [0.2, 0.25) is 0 Å². The molecule has 0 saturated carbocycles. The first-order valence-corrected chi connectivity index (χ1v) is 7.01. The van der Waals surface area contributed by atoms with Gasteiger partial charge in [-0.3, -0.25) is 0 Å². The summed E-state index contributed by atoms with van der Waals surface area (Å²) in [7, 11) is 1.67. The Morgan fingerprint density at radius 1 is 1.47 bits per heavy atom. The molecule has 0 bridgehead atoms. The number of aromatic nitrogens is 2. The Morgan fingerprint density at radius 3 is 2.95 bits per heavy atom. The summed E-state index contributed by atoms with van der Waals surface area (Å²) >= 11 is 3.47. The lowest BCUT2D eigenvalue weighted by molar-refractivity contribution is 0.416. The highest BCUT2D eigenvalue weighted by atomic mass is 79.9. The quantitative estimate of drug-likeness (QED) is 0.889. The molecule has 1 unspecified atom stereocenters. The van der Waals surface area contributed by atoms with Crippen molar-refractivity contribution in [3.63, 3.8) is 0 Å². The van der Waals surface area contributed by atoms with Crippen molar-refractivity contribution in [3.05, 3.63) is 34.7 Å². The van der Waals surface area contributed by atoms with E-state index in [-0.39, 0.29) is 0 Å². The Labute approximate surface area is 121 Å².